The molecule has 29 heavy (non-hydrogen) atoms. The number of pyridine rings is 1. The third kappa shape index (κ3) is 5.40. The van der Waals surface area contributed by atoms with Gasteiger partial charge in [0.15, 0.2) is 0 Å². The van der Waals surface area contributed by atoms with Crippen molar-refractivity contribution in [2.24, 2.45) is 0 Å². The van der Waals surface area contributed by atoms with Crippen LogP contribution in [0.1, 0.15) is 17.5 Å². The molecule has 1 saturated heterocycles. The molecule has 1 aromatic carbocycles. The number of nitrogens with one attached hydrogen (secondary N) is 1. The summed E-state index contributed by atoms with van der Waals surface area (Å²) in [5.74, 6) is -0.403. The molecular weight excluding hydrogens is 382 g/mol. The standard InChI is InChI=1S/C20H22F2N4O3/c21-16-5-3-14(4-6-16)12-26(18-7-9-25(20(28)29)13-17(18)22)19(27)24-11-15-2-1-8-23-10-15/h1-6,8,10,17-18H,7,9,11-13H2,(H,24,27)(H,28,29)/t17-,18+/m1/s1. The SMILES string of the molecule is O=C(O)N1CC[C@H](N(Cc2ccc(F)cc2)C(=O)NCc2cccnc2)[C@H](F)C1. The maximum atomic E-state index is 14.8. The number of hydrogen-bond donors (Lipinski definition) is 2. The first kappa shape index (κ1) is 20.5. The number of carbonyl (C=O) groups excluding carboxylic acids is 1. The Labute approximate surface area is 167 Å². The molecule has 1 aliphatic rings. The Bertz CT molecular complexity index is 835. The fourth-order valence-electron chi connectivity index (χ4n) is 3.33. The second-order valence-electron chi connectivity index (χ2n) is 6.87. The molecule has 7 nitrogen and oxygen atoms in total. The molecular formula is C20H22F2N4O3. The molecule has 0 saturated carbocycles. The Morgan fingerprint density at radius 1 is 1.24 bits per heavy atom. The molecule has 0 spiro atoms. The van der Waals surface area contributed by atoms with E-state index >= 15 is 0 Å². The van der Waals surface area contributed by atoms with E-state index in [1.165, 1.54) is 29.2 Å². The van der Waals surface area contributed by atoms with Crippen LogP contribution in [-0.4, -0.2) is 57.3 Å². The average Bonchev–Trinajstić information content (AvgIpc) is 2.72. The minimum absolute atomic E-state index is 0.0807. The van der Waals surface area contributed by atoms with Crippen LogP contribution in [0.2, 0.25) is 0 Å². The number of nitrogens with zero attached hydrogens (tertiary/aromatic N) is 3. The average molecular weight is 404 g/mol. The molecule has 2 aromatic rings. The highest BCUT2D eigenvalue weighted by molar-refractivity contribution is 5.75. The van der Waals surface area contributed by atoms with Crippen molar-refractivity contribution in [3.63, 3.8) is 0 Å². The van der Waals surface area contributed by atoms with Crippen LogP contribution in [0.5, 0.6) is 0 Å². The van der Waals surface area contributed by atoms with Gasteiger partial charge in [-0.15, -0.1) is 0 Å². The number of urea groups is 1. The quantitative estimate of drug-likeness (QED) is 0.802. The molecule has 2 atom stereocenters. The van der Waals surface area contributed by atoms with Crippen molar-refractivity contribution in [1.29, 1.82) is 0 Å². The smallest absolute Gasteiger partial charge is 0.407 e. The Balaban J connectivity index is 1.74. The second kappa shape index (κ2) is 9.31. The molecule has 1 aliphatic heterocycles. The molecule has 0 unspecified atom stereocenters. The molecule has 1 aromatic heterocycles. The summed E-state index contributed by atoms with van der Waals surface area (Å²) in [6.07, 6.45) is 0.709. The molecule has 0 aliphatic carbocycles. The number of rotatable bonds is 5. The van der Waals surface area contributed by atoms with E-state index in [4.69, 9.17) is 5.11 Å². The number of aromatic nitrogens is 1. The van der Waals surface area contributed by atoms with Crippen molar-refractivity contribution in [1.82, 2.24) is 20.1 Å². The van der Waals surface area contributed by atoms with Gasteiger partial charge in [-0.3, -0.25) is 4.98 Å². The van der Waals surface area contributed by atoms with E-state index in [0.29, 0.717) is 5.56 Å². The highest BCUT2D eigenvalue weighted by Crippen LogP contribution is 2.22. The van der Waals surface area contributed by atoms with Gasteiger partial charge in [-0.05, 0) is 35.7 Å². The zero-order valence-corrected chi connectivity index (χ0v) is 15.7. The van der Waals surface area contributed by atoms with Crippen LogP contribution in [0, 0.1) is 5.82 Å². The van der Waals surface area contributed by atoms with Gasteiger partial charge in [0.25, 0.3) is 0 Å². The summed E-state index contributed by atoms with van der Waals surface area (Å²) >= 11 is 0. The predicted octanol–water partition coefficient (Wildman–Crippen LogP) is 3.02. The van der Waals surface area contributed by atoms with E-state index < -0.39 is 30.2 Å². The summed E-state index contributed by atoms with van der Waals surface area (Å²) in [5.41, 5.74) is 1.44. The van der Waals surface area contributed by atoms with E-state index in [0.717, 1.165) is 10.5 Å². The highest BCUT2D eigenvalue weighted by Gasteiger charge is 2.37. The molecule has 9 heteroatoms. The van der Waals surface area contributed by atoms with Crippen LogP contribution in [0.3, 0.4) is 0 Å². The van der Waals surface area contributed by atoms with Crippen molar-refractivity contribution < 1.29 is 23.5 Å². The largest absolute Gasteiger partial charge is 0.465 e. The summed E-state index contributed by atoms with van der Waals surface area (Å²) < 4.78 is 28.0. The van der Waals surface area contributed by atoms with E-state index in [1.54, 1.807) is 24.5 Å². The Kier molecular flexibility index (Phi) is 6.58. The van der Waals surface area contributed by atoms with Crippen LogP contribution in [0.25, 0.3) is 0 Å². The van der Waals surface area contributed by atoms with Crippen LogP contribution in [0.15, 0.2) is 48.8 Å². The first-order chi connectivity index (χ1) is 13.9. The van der Waals surface area contributed by atoms with Gasteiger partial charge in [0.2, 0.25) is 0 Å². The fraction of sp³-hybridized carbons (Fsp3) is 0.350. The van der Waals surface area contributed by atoms with Crippen LogP contribution in [0.4, 0.5) is 18.4 Å². The lowest BCUT2D eigenvalue weighted by atomic mass is 10.0. The van der Waals surface area contributed by atoms with Gasteiger partial charge in [-0.25, -0.2) is 18.4 Å². The molecule has 1 fully saturated rings. The lowest BCUT2D eigenvalue weighted by molar-refractivity contribution is 0.0471. The van der Waals surface area contributed by atoms with E-state index in [9.17, 15) is 18.4 Å². The van der Waals surface area contributed by atoms with Gasteiger partial charge in [0, 0.05) is 32.0 Å². The lowest BCUT2D eigenvalue weighted by Gasteiger charge is -2.39. The third-order valence-corrected chi connectivity index (χ3v) is 4.87. The number of amides is 3. The van der Waals surface area contributed by atoms with Crippen molar-refractivity contribution >= 4 is 12.1 Å². The maximum Gasteiger partial charge on any atom is 0.407 e. The predicted molar refractivity (Wildman–Crippen MR) is 101 cm³/mol. The van der Waals surface area contributed by atoms with Gasteiger partial charge in [0.1, 0.15) is 12.0 Å². The second-order valence-corrected chi connectivity index (χ2v) is 6.87. The number of carboxylic acid groups (broad SMARTS) is 1. The summed E-state index contributed by atoms with van der Waals surface area (Å²) in [7, 11) is 0. The number of hydrogen-bond acceptors (Lipinski definition) is 3. The number of alkyl halides is 1. The lowest BCUT2D eigenvalue weighted by Crippen LogP contribution is -2.56. The minimum Gasteiger partial charge on any atom is -0.465 e. The van der Waals surface area contributed by atoms with Crippen LogP contribution < -0.4 is 5.32 Å². The Hall–Kier alpha value is -3.23. The highest BCUT2D eigenvalue weighted by atomic mass is 19.1. The van der Waals surface area contributed by atoms with Gasteiger partial charge < -0.3 is 20.2 Å². The zero-order chi connectivity index (χ0) is 20.8. The van der Waals surface area contributed by atoms with Gasteiger partial charge in [-0.2, -0.15) is 0 Å². The maximum absolute atomic E-state index is 14.8. The molecule has 3 rings (SSSR count). The van der Waals surface area contributed by atoms with Gasteiger partial charge >= 0.3 is 12.1 Å². The van der Waals surface area contributed by atoms with Crippen LogP contribution in [-0.2, 0) is 13.1 Å². The summed E-state index contributed by atoms with van der Waals surface area (Å²) in [6.45, 7) is 0.140. The zero-order valence-electron chi connectivity index (χ0n) is 15.7. The summed E-state index contributed by atoms with van der Waals surface area (Å²) in [4.78, 5) is 30.3. The normalized spacial score (nSPS) is 18.9. The van der Waals surface area contributed by atoms with Crippen molar-refractivity contribution in [2.45, 2.75) is 31.7 Å². The summed E-state index contributed by atoms with van der Waals surface area (Å²) in [5, 5.41) is 11.8. The molecule has 0 radical (unpaired) electrons. The molecule has 2 heterocycles. The third-order valence-electron chi connectivity index (χ3n) is 4.87. The molecule has 2 N–H and O–H groups in total. The van der Waals surface area contributed by atoms with E-state index in [1.807, 2.05) is 0 Å². The minimum atomic E-state index is -1.52. The number of halogens is 2. The molecule has 0 bridgehead atoms. The molecule has 3 amide bonds. The van der Waals surface area contributed by atoms with Crippen molar-refractivity contribution in [3.05, 3.63) is 65.7 Å². The Morgan fingerprint density at radius 2 is 2.00 bits per heavy atom. The van der Waals surface area contributed by atoms with E-state index in [2.05, 4.69) is 10.3 Å². The first-order valence-corrected chi connectivity index (χ1v) is 9.24. The topological polar surface area (TPSA) is 85.8 Å². The number of carbonyl (C=O) groups is 2. The number of likely N-dealkylation sites (tertiary alicyclic amines) is 1. The van der Waals surface area contributed by atoms with Crippen molar-refractivity contribution in [2.75, 3.05) is 13.1 Å². The first-order valence-electron chi connectivity index (χ1n) is 9.24. The summed E-state index contributed by atoms with van der Waals surface area (Å²) in [6, 6.07) is 7.92. The monoisotopic (exact) mass is 404 g/mol. The van der Waals surface area contributed by atoms with Gasteiger partial charge in [-0.1, -0.05) is 18.2 Å². The number of piperidine rings is 1. The van der Waals surface area contributed by atoms with E-state index in [-0.39, 0.29) is 32.6 Å². The van der Waals surface area contributed by atoms with Crippen molar-refractivity contribution in [3.8, 4) is 0 Å². The van der Waals surface area contributed by atoms with Gasteiger partial charge in [0.05, 0.1) is 12.6 Å². The number of benzene rings is 1. The Morgan fingerprint density at radius 3 is 2.62 bits per heavy atom. The van der Waals surface area contributed by atoms with Crippen LogP contribution >= 0.6 is 0 Å². The fourth-order valence-corrected chi connectivity index (χ4v) is 3.33. The molecule has 154 valence electrons.